The van der Waals surface area contributed by atoms with Crippen LogP contribution in [0.3, 0.4) is 0 Å². The fraction of sp³-hybridized carbons (Fsp3) is 0.830. The lowest BCUT2D eigenvalue weighted by Gasteiger charge is -2.40. The van der Waals surface area contributed by atoms with Crippen LogP contribution in [0.2, 0.25) is 0 Å². The molecule has 13 heteroatoms. The minimum Gasteiger partial charge on any atom is -0.462 e. The molecule has 4 N–H and O–H groups in total. The molecule has 12 nitrogen and oxygen atoms in total. The van der Waals surface area contributed by atoms with Gasteiger partial charge in [-0.05, 0) is 44.9 Å². The van der Waals surface area contributed by atoms with Crippen molar-refractivity contribution in [2.45, 2.75) is 230 Å². The van der Waals surface area contributed by atoms with E-state index in [1.807, 2.05) is 0 Å². The summed E-state index contributed by atoms with van der Waals surface area (Å²) in [5, 5.41) is 30.9. The summed E-state index contributed by atoms with van der Waals surface area (Å²) in [4.78, 5) is 25.4. The normalized spacial score (nSPS) is 20.4. The monoisotopic (exact) mass is 873 g/mol. The van der Waals surface area contributed by atoms with E-state index in [9.17, 15) is 37.9 Å². The van der Waals surface area contributed by atoms with E-state index in [0.717, 1.165) is 83.5 Å². The highest BCUT2D eigenvalue weighted by Crippen LogP contribution is 2.24. The van der Waals surface area contributed by atoms with Crippen molar-refractivity contribution in [1.29, 1.82) is 0 Å². The molecule has 350 valence electrons. The maximum atomic E-state index is 12.8. The number of aliphatic hydroxyl groups excluding tert-OH is 3. The van der Waals surface area contributed by atoms with Crippen LogP contribution in [0.4, 0.5) is 0 Å². The topological polar surface area (TPSA) is 186 Å². The van der Waals surface area contributed by atoms with Gasteiger partial charge in [-0.25, -0.2) is 0 Å². The van der Waals surface area contributed by atoms with Gasteiger partial charge in [0.15, 0.2) is 12.4 Å². The summed E-state index contributed by atoms with van der Waals surface area (Å²) < 4.78 is 54.1. The van der Waals surface area contributed by atoms with Crippen molar-refractivity contribution >= 4 is 22.1 Å². The van der Waals surface area contributed by atoms with Crippen molar-refractivity contribution in [3.63, 3.8) is 0 Å². The van der Waals surface area contributed by atoms with Gasteiger partial charge >= 0.3 is 11.9 Å². The summed E-state index contributed by atoms with van der Waals surface area (Å²) in [5.74, 6) is -1.99. The molecule has 6 unspecified atom stereocenters. The third-order valence-corrected chi connectivity index (χ3v) is 11.5. The Balaban J connectivity index is 2.43. The molecule has 0 bridgehead atoms. The largest absolute Gasteiger partial charge is 0.462 e. The Morgan fingerprint density at radius 2 is 1.05 bits per heavy atom. The molecule has 0 aliphatic carbocycles. The van der Waals surface area contributed by atoms with Gasteiger partial charge in [-0.1, -0.05) is 172 Å². The third kappa shape index (κ3) is 31.7. The first-order valence-corrected chi connectivity index (χ1v) is 25.2. The average Bonchev–Trinajstić information content (AvgIpc) is 3.21. The third-order valence-electron chi connectivity index (χ3n) is 10.7. The zero-order valence-electron chi connectivity index (χ0n) is 37.3. The molecule has 1 rings (SSSR count). The number of rotatable bonds is 39. The lowest BCUT2D eigenvalue weighted by Crippen LogP contribution is -2.60. The molecule has 1 aliphatic heterocycles. The van der Waals surface area contributed by atoms with Gasteiger partial charge in [0.2, 0.25) is 0 Å². The Labute approximate surface area is 363 Å². The average molecular weight is 873 g/mol. The molecule has 1 saturated heterocycles. The minimum atomic E-state index is -4.60. The van der Waals surface area contributed by atoms with Crippen LogP contribution in [0, 0.1) is 0 Å². The zero-order chi connectivity index (χ0) is 44.1. The molecule has 1 heterocycles. The molecule has 0 saturated carbocycles. The predicted molar refractivity (Wildman–Crippen MR) is 238 cm³/mol. The Morgan fingerprint density at radius 3 is 1.57 bits per heavy atom. The summed E-state index contributed by atoms with van der Waals surface area (Å²) >= 11 is 0. The highest BCUT2D eigenvalue weighted by molar-refractivity contribution is 7.85. The number of carbonyl (C=O) groups excluding carboxylic acids is 2. The summed E-state index contributed by atoms with van der Waals surface area (Å²) in [6.45, 7) is 3.65. The van der Waals surface area contributed by atoms with E-state index >= 15 is 0 Å². The zero-order valence-corrected chi connectivity index (χ0v) is 38.1. The molecule has 0 spiro atoms. The van der Waals surface area contributed by atoms with Crippen molar-refractivity contribution in [1.82, 2.24) is 0 Å². The van der Waals surface area contributed by atoms with Crippen LogP contribution in [-0.2, 0) is 38.7 Å². The smallest absolute Gasteiger partial charge is 0.306 e. The molecule has 60 heavy (non-hydrogen) atoms. The molecule has 0 radical (unpaired) electrons. The van der Waals surface area contributed by atoms with Gasteiger partial charge in [0.1, 0.15) is 36.8 Å². The molecule has 6 atom stereocenters. The SMILES string of the molecule is CC/C=C\C/C=C\C/C=C\CCCCCCCCCC(=O)OC(COC(=O)CCCCCCCCCCCCCCCCC)COC1OC(CS(=O)(=O)O)C(O)C(O)C1O. The number of hydrogen-bond donors (Lipinski definition) is 4. The number of ether oxygens (including phenoxy) is 4. The molecular formula is C47H84O12S. The van der Waals surface area contributed by atoms with E-state index in [-0.39, 0.29) is 19.4 Å². The van der Waals surface area contributed by atoms with Gasteiger partial charge in [0.05, 0.1) is 6.61 Å². The van der Waals surface area contributed by atoms with Gasteiger partial charge in [-0.3, -0.25) is 14.1 Å². The van der Waals surface area contributed by atoms with Crippen molar-refractivity contribution in [3.8, 4) is 0 Å². The van der Waals surface area contributed by atoms with Crippen molar-refractivity contribution < 1.29 is 56.8 Å². The van der Waals surface area contributed by atoms with Crippen LogP contribution < -0.4 is 0 Å². The lowest BCUT2D eigenvalue weighted by molar-refractivity contribution is -0.297. The van der Waals surface area contributed by atoms with Gasteiger partial charge in [-0.2, -0.15) is 8.42 Å². The molecule has 0 amide bonds. The summed E-state index contributed by atoms with van der Waals surface area (Å²) in [5.41, 5.74) is 0. The number of allylic oxidation sites excluding steroid dienone is 6. The lowest BCUT2D eigenvalue weighted by atomic mass is 10.00. The van der Waals surface area contributed by atoms with Gasteiger partial charge < -0.3 is 34.3 Å². The number of hydrogen-bond acceptors (Lipinski definition) is 11. The first-order valence-electron chi connectivity index (χ1n) is 23.5. The number of unbranched alkanes of at least 4 members (excludes halogenated alkanes) is 21. The van der Waals surface area contributed by atoms with Crippen LogP contribution in [0.25, 0.3) is 0 Å². The van der Waals surface area contributed by atoms with E-state index in [1.165, 1.54) is 70.6 Å². The van der Waals surface area contributed by atoms with E-state index in [0.29, 0.717) is 12.8 Å². The molecular weight excluding hydrogens is 789 g/mol. The van der Waals surface area contributed by atoms with Crippen LogP contribution in [-0.4, -0.2) is 96.0 Å². The fourth-order valence-electron chi connectivity index (χ4n) is 7.10. The fourth-order valence-corrected chi connectivity index (χ4v) is 7.79. The van der Waals surface area contributed by atoms with E-state index in [4.69, 9.17) is 18.9 Å². The van der Waals surface area contributed by atoms with E-state index in [2.05, 4.69) is 50.3 Å². The minimum absolute atomic E-state index is 0.154. The Morgan fingerprint density at radius 1 is 0.583 bits per heavy atom. The first-order chi connectivity index (χ1) is 29.0. The van der Waals surface area contributed by atoms with Crippen molar-refractivity contribution in [3.05, 3.63) is 36.5 Å². The molecule has 0 aromatic carbocycles. The molecule has 0 aromatic rings. The second kappa shape index (κ2) is 37.4. The Hall–Kier alpha value is -2.13. The summed E-state index contributed by atoms with van der Waals surface area (Å²) in [6.07, 6.45) is 33.2. The number of aliphatic hydroxyl groups is 3. The highest BCUT2D eigenvalue weighted by Gasteiger charge is 2.46. The second-order valence-electron chi connectivity index (χ2n) is 16.4. The first kappa shape index (κ1) is 55.9. The maximum Gasteiger partial charge on any atom is 0.306 e. The predicted octanol–water partition coefficient (Wildman–Crippen LogP) is 9.78. The van der Waals surface area contributed by atoms with Crippen molar-refractivity contribution in [2.75, 3.05) is 19.0 Å². The van der Waals surface area contributed by atoms with E-state index in [1.54, 1.807) is 0 Å². The van der Waals surface area contributed by atoms with Gasteiger partial charge in [-0.15, -0.1) is 0 Å². The van der Waals surface area contributed by atoms with Gasteiger partial charge in [0, 0.05) is 12.8 Å². The maximum absolute atomic E-state index is 12.8. The Bertz CT molecular complexity index is 1250. The molecule has 0 aromatic heterocycles. The number of esters is 2. The number of carbonyl (C=O) groups is 2. The van der Waals surface area contributed by atoms with Crippen molar-refractivity contribution in [2.24, 2.45) is 0 Å². The van der Waals surface area contributed by atoms with Crippen LogP contribution in [0.1, 0.15) is 194 Å². The van der Waals surface area contributed by atoms with Crippen LogP contribution in [0.15, 0.2) is 36.5 Å². The van der Waals surface area contributed by atoms with Crippen LogP contribution in [0.5, 0.6) is 0 Å². The van der Waals surface area contributed by atoms with Gasteiger partial charge in [0.25, 0.3) is 10.1 Å². The Kier molecular flexibility index (Phi) is 34.9. The van der Waals surface area contributed by atoms with Crippen LogP contribution >= 0.6 is 0 Å². The standard InChI is InChI=1S/C47H84O12S/c1-3-5-7-9-11-13-15-17-19-20-22-24-26-28-30-32-34-36-43(49)58-40(38-57-47-46(52)45(51)44(50)41(59-47)39-60(53,54)55)37-56-42(48)35-33-31-29-27-25-23-21-18-16-14-12-10-8-6-4-2/h5,7,11,13,17,19,40-41,44-47,50-52H,3-4,6,8-10,12,14-16,18,20-39H2,1-2H3,(H,53,54,55)/b7-5-,13-11-,19-17-. The summed E-state index contributed by atoms with van der Waals surface area (Å²) in [6, 6.07) is 0. The quantitative estimate of drug-likeness (QED) is 0.0199. The molecule has 1 aliphatic rings. The summed E-state index contributed by atoms with van der Waals surface area (Å²) in [7, 11) is -4.60. The second-order valence-corrected chi connectivity index (χ2v) is 17.9. The molecule has 1 fully saturated rings. The van der Waals surface area contributed by atoms with E-state index < -0.39 is 71.2 Å². The highest BCUT2D eigenvalue weighted by atomic mass is 32.2.